The first-order valence-corrected chi connectivity index (χ1v) is 8.26. The van der Waals surface area contributed by atoms with E-state index in [2.05, 4.69) is 35.2 Å². The maximum absolute atomic E-state index is 11.6. The van der Waals surface area contributed by atoms with E-state index in [1.165, 1.54) is 4.91 Å². The van der Waals surface area contributed by atoms with Gasteiger partial charge < -0.3 is 9.64 Å². The van der Waals surface area contributed by atoms with E-state index in [4.69, 9.17) is 4.74 Å². The summed E-state index contributed by atoms with van der Waals surface area (Å²) in [6.45, 7) is 5.33. The SMILES string of the molecule is C=C/C(=C\C=C1/CCN(C(=O)CI)CCS1)OC. The van der Waals surface area contributed by atoms with Gasteiger partial charge in [0.1, 0.15) is 5.76 Å². The smallest absolute Gasteiger partial charge is 0.232 e. The Balaban J connectivity index is 2.61. The predicted molar refractivity (Wildman–Crippen MR) is 85.9 cm³/mol. The van der Waals surface area contributed by atoms with E-state index < -0.39 is 0 Å². The molecular weight excluding hydrogens is 361 g/mol. The Morgan fingerprint density at radius 3 is 3.00 bits per heavy atom. The molecule has 5 heteroatoms. The minimum atomic E-state index is 0.233. The van der Waals surface area contributed by atoms with Crippen molar-refractivity contribution in [3.8, 4) is 0 Å². The van der Waals surface area contributed by atoms with Crippen LogP contribution in [0, 0.1) is 0 Å². The van der Waals surface area contributed by atoms with Crippen molar-refractivity contribution < 1.29 is 9.53 Å². The van der Waals surface area contributed by atoms with Crippen molar-refractivity contribution in [3.63, 3.8) is 0 Å². The summed E-state index contributed by atoms with van der Waals surface area (Å²) in [5, 5.41) is 0. The third-order valence-corrected chi connectivity index (χ3v) is 4.36. The topological polar surface area (TPSA) is 29.5 Å². The first-order valence-electron chi connectivity index (χ1n) is 5.75. The number of amides is 1. The molecule has 1 aliphatic heterocycles. The van der Waals surface area contributed by atoms with Crippen LogP contribution in [0.5, 0.6) is 0 Å². The van der Waals surface area contributed by atoms with Crippen molar-refractivity contribution >= 4 is 40.3 Å². The summed E-state index contributed by atoms with van der Waals surface area (Å²) >= 11 is 3.93. The van der Waals surface area contributed by atoms with Gasteiger partial charge in [0.15, 0.2) is 0 Å². The third kappa shape index (κ3) is 5.06. The highest BCUT2D eigenvalue weighted by Crippen LogP contribution is 2.24. The van der Waals surface area contributed by atoms with E-state index in [1.54, 1.807) is 13.2 Å². The standard InChI is InChI=1S/C13H18INO2S/c1-3-11(17-2)4-5-12-6-7-15(8-9-18-12)13(16)10-14/h3-5H,1,6-10H2,2H3/b11-4+,12-5+. The molecule has 1 saturated heterocycles. The van der Waals surface area contributed by atoms with Crippen molar-refractivity contribution in [2.24, 2.45) is 0 Å². The molecule has 0 spiro atoms. The second kappa shape index (κ2) is 8.63. The molecule has 0 aromatic heterocycles. The van der Waals surface area contributed by atoms with Crippen LogP contribution in [0.4, 0.5) is 0 Å². The minimum absolute atomic E-state index is 0.233. The number of allylic oxidation sites excluding steroid dienone is 3. The molecule has 18 heavy (non-hydrogen) atoms. The minimum Gasteiger partial charge on any atom is -0.497 e. The molecule has 1 fully saturated rings. The van der Waals surface area contributed by atoms with Crippen LogP contribution in [0.25, 0.3) is 0 Å². The Morgan fingerprint density at radius 1 is 1.61 bits per heavy atom. The molecule has 1 amide bonds. The van der Waals surface area contributed by atoms with Crippen LogP contribution in [0.2, 0.25) is 0 Å². The van der Waals surface area contributed by atoms with Crippen LogP contribution in [0.3, 0.4) is 0 Å². The summed E-state index contributed by atoms with van der Waals surface area (Å²) in [6, 6.07) is 0. The molecule has 0 atom stereocenters. The second-order valence-electron chi connectivity index (χ2n) is 3.72. The molecule has 0 saturated carbocycles. The normalized spacial score (nSPS) is 19.6. The Labute approximate surface area is 126 Å². The number of ether oxygens (including phenoxy) is 1. The van der Waals surface area contributed by atoms with Crippen molar-refractivity contribution in [2.45, 2.75) is 6.42 Å². The average molecular weight is 379 g/mol. The molecular formula is C13H18INO2S. The Morgan fingerprint density at radius 2 is 2.39 bits per heavy atom. The summed E-state index contributed by atoms with van der Waals surface area (Å²) in [4.78, 5) is 14.9. The van der Waals surface area contributed by atoms with Gasteiger partial charge in [-0.25, -0.2) is 0 Å². The van der Waals surface area contributed by atoms with Gasteiger partial charge in [-0.15, -0.1) is 11.8 Å². The number of carbonyl (C=O) groups excluding carboxylic acids is 1. The van der Waals surface area contributed by atoms with Crippen molar-refractivity contribution in [3.05, 3.63) is 35.5 Å². The summed E-state index contributed by atoms with van der Waals surface area (Å²) < 4.78 is 5.68. The van der Waals surface area contributed by atoms with Gasteiger partial charge >= 0.3 is 0 Å². The second-order valence-corrected chi connectivity index (χ2v) is 5.71. The molecule has 0 aromatic rings. The number of thioether (sulfide) groups is 1. The van der Waals surface area contributed by atoms with Crippen molar-refractivity contribution in [1.29, 1.82) is 0 Å². The van der Waals surface area contributed by atoms with E-state index in [0.29, 0.717) is 4.43 Å². The zero-order chi connectivity index (χ0) is 13.4. The van der Waals surface area contributed by atoms with Crippen molar-refractivity contribution in [1.82, 2.24) is 4.90 Å². The molecule has 0 bridgehead atoms. The first kappa shape index (κ1) is 15.6. The fourth-order valence-corrected chi connectivity index (χ4v) is 3.03. The lowest BCUT2D eigenvalue weighted by Crippen LogP contribution is -2.33. The summed E-state index contributed by atoms with van der Waals surface area (Å²) in [6.07, 6.45) is 6.58. The summed E-state index contributed by atoms with van der Waals surface area (Å²) in [7, 11) is 1.63. The lowest BCUT2D eigenvalue weighted by molar-refractivity contribution is -0.127. The van der Waals surface area contributed by atoms with Crippen LogP contribution in [0.15, 0.2) is 35.5 Å². The van der Waals surface area contributed by atoms with Gasteiger partial charge in [-0.1, -0.05) is 29.2 Å². The van der Waals surface area contributed by atoms with Gasteiger partial charge in [-0.2, -0.15) is 0 Å². The van der Waals surface area contributed by atoms with E-state index in [9.17, 15) is 4.79 Å². The monoisotopic (exact) mass is 379 g/mol. The van der Waals surface area contributed by atoms with Crippen LogP contribution < -0.4 is 0 Å². The summed E-state index contributed by atoms with van der Waals surface area (Å²) in [5.41, 5.74) is 0. The molecule has 0 aliphatic carbocycles. The quantitative estimate of drug-likeness (QED) is 0.326. The fraction of sp³-hybridized carbons (Fsp3) is 0.462. The van der Waals surface area contributed by atoms with Gasteiger partial charge in [0.05, 0.1) is 11.5 Å². The van der Waals surface area contributed by atoms with E-state index in [1.807, 2.05) is 22.7 Å². The molecule has 0 unspecified atom stereocenters. The number of halogens is 1. The maximum atomic E-state index is 11.6. The summed E-state index contributed by atoms with van der Waals surface area (Å²) in [5.74, 6) is 1.95. The van der Waals surface area contributed by atoms with Gasteiger partial charge in [-0.3, -0.25) is 4.79 Å². The highest BCUT2D eigenvalue weighted by molar-refractivity contribution is 14.1. The van der Waals surface area contributed by atoms with Crippen LogP contribution in [-0.4, -0.2) is 41.2 Å². The first-order chi connectivity index (χ1) is 8.71. The number of methoxy groups -OCH3 is 1. The van der Waals surface area contributed by atoms with Gasteiger partial charge in [0.2, 0.25) is 5.91 Å². The lowest BCUT2D eigenvalue weighted by atomic mass is 10.3. The highest BCUT2D eigenvalue weighted by Gasteiger charge is 2.16. The van der Waals surface area contributed by atoms with Crippen LogP contribution in [0.1, 0.15) is 6.42 Å². The number of hydrogen-bond donors (Lipinski definition) is 0. The number of carbonyl (C=O) groups is 1. The molecule has 1 aliphatic rings. The fourth-order valence-electron chi connectivity index (χ4n) is 1.58. The zero-order valence-corrected chi connectivity index (χ0v) is 13.5. The largest absolute Gasteiger partial charge is 0.497 e. The Hall–Kier alpha value is -0.430. The van der Waals surface area contributed by atoms with Gasteiger partial charge in [0.25, 0.3) is 0 Å². The molecule has 0 aromatic carbocycles. The van der Waals surface area contributed by atoms with Crippen molar-refractivity contribution in [2.75, 3.05) is 30.4 Å². The molecule has 0 N–H and O–H groups in total. The molecule has 1 heterocycles. The molecule has 1 rings (SSSR count). The van der Waals surface area contributed by atoms with E-state index in [0.717, 1.165) is 31.0 Å². The highest BCUT2D eigenvalue weighted by atomic mass is 127. The predicted octanol–water partition coefficient (Wildman–Crippen LogP) is 2.99. The number of alkyl halides is 1. The van der Waals surface area contributed by atoms with Gasteiger partial charge in [-0.05, 0) is 29.6 Å². The number of nitrogens with zero attached hydrogens (tertiary/aromatic N) is 1. The lowest BCUT2D eigenvalue weighted by Gasteiger charge is -2.18. The maximum Gasteiger partial charge on any atom is 0.232 e. The zero-order valence-electron chi connectivity index (χ0n) is 10.5. The average Bonchev–Trinajstić information content (AvgIpc) is 2.64. The van der Waals surface area contributed by atoms with Gasteiger partial charge in [0, 0.05) is 18.8 Å². The van der Waals surface area contributed by atoms with E-state index >= 15 is 0 Å². The Kier molecular flexibility index (Phi) is 7.50. The van der Waals surface area contributed by atoms with Crippen LogP contribution in [-0.2, 0) is 9.53 Å². The molecule has 3 nitrogen and oxygen atoms in total. The van der Waals surface area contributed by atoms with E-state index in [-0.39, 0.29) is 5.91 Å². The van der Waals surface area contributed by atoms with Crippen LogP contribution >= 0.6 is 34.4 Å². The molecule has 100 valence electrons. The third-order valence-electron chi connectivity index (χ3n) is 2.61. The number of rotatable bonds is 4. The Bertz CT molecular complexity index is 366. The number of hydrogen-bond acceptors (Lipinski definition) is 3. The molecule has 0 radical (unpaired) electrons.